The Kier molecular flexibility index (Phi) is 5.74. The van der Waals surface area contributed by atoms with E-state index in [-0.39, 0.29) is 5.91 Å². The highest BCUT2D eigenvalue weighted by Gasteiger charge is 2.19. The van der Waals surface area contributed by atoms with Crippen molar-refractivity contribution in [3.63, 3.8) is 0 Å². The molecule has 0 saturated heterocycles. The molecule has 0 fully saturated rings. The summed E-state index contributed by atoms with van der Waals surface area (Å²) < 4.78 is 16.1. The molecule has 0 spiro atoms. The van der Waals surface area contributed by atoms with Crippen LogP contribution in [0.4, 0.5) is 0 Å². The SMILES string of the molecule is COc1cc(CNC(=O)c2sc3nc(C)cc(C)c3c2C)cc(OC)c1OC. The number of ether oxygens (including phenoxy) is 3. The predicted octanol–water partition coefficient (Wildman–Crippen LogP) is 4.18. The Labute approximate surface area is 168 Å². The number of aryl methyl sites for hydroxylation is 3. The highest BCUT2D eigenvalue weighted by atomic mass is 32.1. The number of carbonyl (C=O) groups excluding carboxylic acids is 1. The lowest BCUT2D eigenvalue weighted by Gasteiger charge is -2.14. The first-order valence-electron chi connectivity index (χ1n) is 8.84. The van der Waals surface area contributed by atoms with E-state index in [0.717, 1.165) is 32.6 Å². The molecule has 0 bridgehead atoms. The number of carbonyl (C=O) groups is 1. The number of methoxy groups -OCH3 is 3. The van der Waals surface area contributed by atoms with Crippen molar-refractivity contribution >= 4 is 27.5 Å². The maximum atomic E-state index is 12.8. The van der Waals surface area contributed by atoms with Gasteiger partial charge in [0.2, 0.25) is 5.75 Å². The van der Waals surface area contributed by atoms with Crippen LogP contribution in [-0.4, -0.2) is 32.2 Å². The number of pyridine rings is 1. The normalized spacial score (nSPS) is 10.8. The Morgan fingerprint density at radius 1 is 1.04 bits per heavy atom. The van der Waals surface area contributed by atoms with E-state index in [1.54, 1.807) is 21.3 Å². The number of fused-ring (bicyclic) bond motifs is 1. The molecule has 7 heteroatoms. The van der Waals surface area contributed by atoms with Crippen molar-refractivity contribution in [1.82, 2.24) is 10.3 Å². The van der Waals surface area contributed by atoms with Crippen molar-refractivity contribution in [3.8, 4) is 17.2 Å². The second-order valence-corrected chi connectivity index (χ2v) is 7.53. The fourth-order valence-corrected chi connectivity index (χ4v) is 4.56. The van der Waals surface area contributed by atoms with Crippen molar-refractivity contribution in [2.24, 2.45) is 0 Å². The number of rotatable bonds is 6. The molecule has 0 aliphatic rings. The minimum Gasteiger partial charge on any atom is -0.493 e. The summed E-state index contributed by atoms with van der Waals surface area (Å²) in [5.74, 6) is 1.52. The van der Waals surface area contributed by atoms with Gasteiger partial charge in [-0.25, -0.2) is 4.98 Å². The van der Waals surface area contributed by atoms with E-state index in [1.165, 1.54) is 11.3 Å². The Bertz CT molecular complexity index is 1020. The lowest BCUT2D eigenvalue weighted by molar-refractivity contribution is 0.0954. The van der Waals surface area contributed by atoms with Gasteiger partial charge in [-0.05, 0) is 55.7 Å². The molecule has 28 heavy (non-hydrogen) atoms. The topological polar surface area (TPSA) is 69.7 Å². The van der Waals surface area contributed by atoms with E-state index in [4.69, 9.17) is 14.2 Å². The Morgan fingerprint density at radius 2 is 1.68 bits per heavy atom. The maximum absolute atomic E-state index is 12.8. The molecule has 2 heterocycles. The number of hydrogen-bond donors (Lipinski definition) is 1. The number of nitrogens with one attached hydrogen (secondary N) is 1. The molecule has 1 aromatic carbocycles. The number of benzene rings is 1. The fraction of sp³-hybridized carbons (Fsp3) is 0.333. The number of hydrogen-bond acceptors (Lipinski definition) is 6. The van der Waals surface area contributed by atoms with Crippen molar-refractivity contribution in [3.05, 3.63) is 45.5 Å². The molecular formula is C21H24N2O4S. The average molecular weight is 401 g/mol. The minimum atomic E-state index is -0.119. The van der Waals surface area contributed by atoms with Crippen LogP contribution in [0.25, 0.3) is 10.2 Å². The Balaban J connectivity index is 1.86. The molecular weight excluding hydrogens is 376 g/mol. The predicted molar refractivity (Wildman–Crippen MR) is 111 cm³/mol. The van der Waals surface area contributed by atoms with Crippen LogP contribution in [0.1, 0.15) is 32.1 Å². The van der Waals surface area contributed by atoms with E-state index in [9.17, 15) is 4.79 Å². The molecule has 6 nitrogen and oxygen atoms in total. The second-order valence-electron chi connectivity index (χ2n) is 6.53. The first-order valence-corrected chi connectivity index (χ1v) is 9.65. The molecule has 0 atom stereocenters. The van der Waals surface area contributed by atoms with Gasteiger partial charge < -0.3 is 19.5 Å². The largest absolute Gasteiger partial charge is 0.493 e. The third-order valence-corrected chi connectivity index (χ3v) is 5.79. The summed E-state index contributed by atoms with van der Waals surface area (Å²) >= 11 is 1.42. The summed E-state index contributed by atoms with van der Waals surface area (Å²) in [7, 11) is 4.69. The Hall–Kier alpha value is -2.80. The number of thiophene rings is 1. The summed E-state index contributed by atoms with van der Waals surface area (Å²) in [5.41, 5.74) is 3.91. The summed E-state index contributed by atoms with van der Waals surface area (Å²) in [6.07, 6.45) is 0. The summed E-state index contributed by atoms with van der Waals surface area (Å²) in [6, 6.07) is 5.70. The van der Waals surface area contributed by atoms with Crippen LogP contribution in [0.2, 0.25) is 0 Å². The van der Waals surface area contributed by atoms with Gasteiger partial charge in [0, 0.05) is 17.6 Å². The zero-order valence-electron chi connectivity index (χ0n) is 16.9. The van der Waals surface area contributed by atoms with Crippen LogP contribution in [0.3, 0.4) is 0 Å². The lowest BCUT2D eigenvalue weighted by atomic mass is 10.1. The Morgan fingerprint density at radius 3 is 2.25 bits per heavy atom. The van der Waals surface area contributed by atoms with Gasteiger partial charge in [0.05, 0.1) is 26.2 Å². The lowest BCUT2D eigenvalue weighted by Crippen LogP contribution is -2.22. The molecule has 1 N–H and O–H groups in total. The van der Waals surface area contributed by atoms with Crippen molar-refractivity contribution in [1.29, 1.82) is 0 Å². The standard InChI is InChI=1S/C21H24N2O4S/c1-11-7-12(2)23-21-17(11)13(3)19(28-21)20(24)22-10-14-8-15(25-4)18(27-6)16(9-14)26-5/h7-9H,10H2,1-6H3,(H,22,24). The highest BCUT2D eigenvalue weighted by Crippen LogP contribution is 2.38. The van der Waals surface area contributed by atoms with Crippen LogP contribution < -0.4 is 19.5 Å². The first kappa shape index (κ1) is 19.9. The molecule has 3 rings (SSSR count). The zero-order valence-corrected chi connectivity index (χ0v) is 17.7. The second kappa shape index (κ2) is 8.06. The van der Waals surface area contributed by atoms with Gasteiger partial charge in [-0.1, -0.05) is 0 Å². The van der Waals surface area contributed by atoms with E-state index in [1.807, 2.05) is 39.0 Å². The number of amides is 1. The van der Waals surface area contributed by atoms with Gasteiger partial charge in [-0.2, -0.15) is 0 Å². The summed E-state index contributed by atoms with van der Waals surface area (Å²) in [6.45, 7) is 6.33. The summed E-state index contributed by atoms with van der Waals surface area (Å²) in [4.78, 5) is 19.0. The minimum absolute atomic E-state index is 0.119. The van der Waals surface area contributed by atoms with Gasteiger partial charge in [0.1, 0.15) is 4.83 Å². The highest BCUT2D eigenvalue weighted by molar-refractivity contribution is 7.20. The van der Waals surface area contributed by atoms with E-state index < -0.39 is 0 Å². The molecule has 0 radical (unpaired) electrons. The third kappa shape index (κ3) is 3.62. The number of aromatic nitrogens is 1. The molecule has 0 aliphatic carbocycles. The maximum Gasteiger partial charge on any atom is 0.261 e. The first-order chi connectivity index (χ1) is 13.4. The van der Waals surface area contributed by atoms with Crippen LogP contribution in [-0.2, 0) is 6.54 Å². The van der Waals surface area contributed by atoms with E-state index in [2.05, 4.69) is 10.3 Å². The molecule has 148 valence electrons. The smallest absolute Gasteiger partial charge is 0.261 e. The molecule has 0 unspecified atom stereocenters. The van der Waals surface area contributed by atoms with Crippen molar-refractivity contribution in [2.75, 3.05) is 21.3 Å². The van der Waals surface area contributed by atoms with Gasteiger partial charge in [-0.3, -0.25) is 4.79 Å². The molecule has 2 aromatic heterocycles. The van der Waals surface area contributed by atoms with E-state index in [0.29, 0.717) is 28.7 Å². The third-order valence-electron chi connectivity index (χ3n) is 4.61. The monoisotopic (exact) mass is 400 g/mol. The molecule has 1 amide bonds. The zero-order chi connectivity index (χ0) is 20.4. The quantitative estimate of drug-likeness (QED) is 0.672. The molecule has 0 saturated carbocycles. The van der Waals surface area contributed by atoms with Gasteiger partial charge >= 0.3 is 0 Å². The van der Waals surface area contributed by atoms with Crippen LogP contribution in [0, 0.1) is 20.8 Å². The van der Waals surface area contributed by atoms with Crippen LogP contribution in [0.15, 0.2) is 18.2 Å². The molecule has 0 aliphatic heterocycles. The van der Waals surface area contributed by atoms with Crippen molar-refractivity contribution in [2.45, 2.75) is 27.3 Å². The van der Waals surface area contributed by atoms with Crippen molar-refractivity contribution < 1.29 is 19.0 Å². The average Bonchev–Trinajstić information content (AvgIpc) is 3.01. The fourth-order valence-electron chi connectivity index (χ4n) is 3.34. The van der Waals surface area contributed by atoms with Gasteiger partial charge in [0.25, 0.3) is 5.91 Å². The van der Waals surface area contributed by atoms with Crippen LogP contribution in [0.5, 0.6) is 17.2 Å². The van der Waals surface area contributed by atoms with E-state index >= 15 is 0 Å². The molecule has 3 aromatic rings. The van der Waals surface area contributed by atoms with Crippen LogP contribution >= 0.6 is 11.3 Å². The van der Waals surface area contributed by atoms with Gasteiger partial charge in [0.15, 0.2) is 11.5 Å². The summed E-state index contributed by atoms with van der Waals surface area (Å²) in [5, 5.41) is 4.05. The van der Waals surface area contributed by atoms with Gasteiger partial charge in [-0.15, -0.1) is 11.3 Å². The number of nitrogens with zero attached hydrogens (tertiary/aromatic N) is 1.